The normalized spacial score (nSPS) is 10.9. The largest absolute Gasteiger partial charge is 0.461 e. The number of nitrogens with one attached hydrogen (secondary N) is 2. The van der Waals surface area contributed by atoms with Gasteiger partial charge in [-0.3, -0.25) is 4.79 Å². The zero-order valence-electron chi connectivity index (χ0n) is 18.0. The molecule has 0 saturated carbocycles. The van der Waals surface area contributed by atoms with Crippen LogP contribution in [0.4, 0.5) is 5.69 Å². The number of ether oxygens (including phenoxy) is 1. The fourth-order valence-corrected chi connectivity index (χ4v) is 4.40. The molecule has 4 rings (SSSR count). The minimum absolute atomic E-state index is 0.0237. The Hall–Kier alpha value is -3.28. The van der Waals surface area contributed by atoms with Crippen molar-refractivity contribution in [3.05, 3.63) is 99.2 Å². The van der Waals surface area contributed by atoms with Crippen LogP contribution in [0.2, 0.25) is 10.0 Å². The molecule has 1 heterocycles. The van der Waals surface area contributed by atoms with Crippen LogP contribution in [0.15, 0.2) is 66.7 Å². The number of carbonyl (C=O) groups excluding carboxylic acids is 2. The Morgan fingerprint density at radius 1 is 1.00 bits per heavy atom. The SMILES string of the molecule is CCOC(=O)c1[nH]c2cc(Cl)cc(Cl)c2c1NCC(=O)c1ccccc1Cc1ccccc1. The first-order valence-electron chi connectivity index (χ1n) is 10.5. The van der Waals surface area contributed by atoms with Crippen molar-refractivity contribution in [2.45, 2.75) is 13.3 Å². The number of halogens is 2. The molecule has 168 valence electrons. The summed E-state index contributed by atoms with van der Waals surface area (Å²) in [7, 11) is 0. The van der Waals surface area contributed by atoms with Gasteiger partial charge in [-0.05, 0) is 36.6 Å². The molecule has 0 aliphatic carbocycles. The summed E-state index contributed by atoms with van der Waals surface area (Å²) in [5, 5.41) is 4.49. The first kappa shape index (κ1) is 22.9. The molecular weight excluding hydrogens is 459 g/mol. The number of Topliss-reactive ketones (excluding diaryl/α,β-unsaturated/α-hetero) is 1. The van der Waals surface area contributed by atoms with Gasteiger partial charge in [-0.25, -0.2) is 4.79 Å². The van der Waals surface area contributed by atoms with Crippen molar-refractivity contribution in [2.75, 3.05) is 18.5 Å². The number of H-pyrrole nitrogens is 1. The number of hydrogen-bond donors (Lipinski definition) is 2. The van der Waals surface area contributed by atoms with E-state index >= 15 is 0 Å². The number of anilines is 1. The third-order valence-corrected chi connectivity index (χ3v) is 5.79. The fourth-order valence-electron chi connectivity index (χ4n) is 3.81. The number of ketones is 1. The maximum Gasteiger partial charge on any atom is 0.356 e. The van der Waals surface area contributed by atoms with E-state index in [1.807, 2.05) is 54.6 Å². The Bertz CT molecular complexity index is 1320. The van der Waals surface area contributed by atoms with Crippen LogP contribution < -0.4 is 5.32 Å². The van der Waals surface area contributed by atoms with Gasteiger partial charge in [0.1, 0.15) is 5.69 Å². The molecule has 0 saturated heterocycles. The number of aromatic nitrogens is 1. The average molecular weight is 481 g/mol. The van der Waals surface area contributed by atoms with Crippen molar-refractivity contribution in [1.29, 1.82) is 0 Å². The Morgan fingerprint density at radius 2 is 1.73 bits per heavy atom. The molecular formula is C26H22Cl2N2O3. The van der Waals surface area contributed by atoms with Gasteiger partial charge in [-0.1, -0.05) is 77.8 Å². The van der Waals surface area contributed by atoms with E-state index in [1.54, 1.807) is 19.1 Å². The molecule has 0 unspecified atom stereocenters. The summed E-state index contributed by atoms with van der Waals surface area (Å²) in [4.78, 5) is 28.8. The third-order valence-electron chi connectivity index (χ3n) is 5.28. The van der Waals surface area contributed by atoms with E-state index in [-0.39, 0.29) is 24.6 Å². The Morgan fingerprint density at radius 3 is 2.48 bits per heavy atom. The Kier molecular flexibility index (Phi) is 7.02. The van der Waals surface area contributed by atoms with Crippen molar-refractivity contribution in [3.8, 4) is 0 Å². The van der Waals surface area contributed by atoms with E-state index in [4.69, 9.17) is 27.9 Å². The summed E-state index contributed by atoms with van der Waals surface area (Å²) in [5.41, 5.74) is 3.87. The maximum atomic E-state index is 13.2. The average Bonchev–Trinajstić information content (AvgIpc) is 3.17. The molecule has 0 radical (unpaired) electrons. The lowest BCUT2D eigenvalue weighted by molar-refractivity contribution is 0.0521. The van der Waals surface area contributed by atoms with Gasteiger partial charge in [0.2, 0.25) is 0 Å². The van der Waals surface area contributed by atoms with Gasteiger partial charge in [0.05, 0.1) is 29.4 Å². The number of aromatic amines is 1. The van der Waals surface area contributed by atoms with Gasteiger partial charge in [-0.15, -0.1) is 0 Å². The lowest BCUT2D eigenvalue weighted by Gasteiger charge is -2.11. The number of carbonyl (C=O) groups is 2. The molecule has 0 aliphatic heterocycles. The number of rotatable bonds is 8. The van der Waals surface area contributed by atoms with Gasteiger partial charge < -0.3 is 15.0 Å². The summed E-state index contributed by atoms with van der Waals surface area (Å²) in [6.07, 6.45) is 0.647. The zero-order chi connectivity index (χ0) is 23.4. The molecule has 0 bridgehead atoms. The second-order valence-electron chi connectivity index (χ2n) is 7.50. The number of esters is 1. The van der Waals surface area contributed by atoms with Crippen LogP contribution in [0.3, 0.4) is 0 Å². The molecule has 0 atom stereocenters. The van der Waals surface area contributed by atoms with E-state index in [1.165, 1.54) is 0 Å². The highest BCUT2D eigenvalue weighted by atomic mass is 35.5. The van der Waals surface area contributed by atoms with Crippen molar-refractivity contribution >= 4 is 51.5 Å². The Labute approximate surface area is 201 Å². The zero-order valence-corrected chi connectivity index (χ0v) is 19.5. The third kappa shape index (κ3) is 5.05. The highest BCUT2D eigenvalue weighted by Gasteiger charge is 2.22. The van der Waals surface area contributed by atoms with E-state index in [0.717, 1.165) is 11.1 Å². The summed E-state index contributed by atoms with van der Waals surface area (Å²) in [6, 6.07) is 20.8. The number of hydrogen-bond acceptors (Lipinski definition) is 4. The predicted molar refractivity (Wildman–Crippen MR) is 133 cm³/mol. The highest BCUT2D eigenvalue weighted by molar-refractivity contribution is 6.40. The van der Waals surface area contributed by atoms with E-state index in [0.29, 0.717) is 38.6 Å². The quantitative estimate of drug-likeness (QED) is 0.222. The van der Waals surface area contributed by atoms with Crippen molar-refractivity contribution < 1.29 is 14.3 Å². The lowest BCUT2D eigenvalue weighted by Crippen LogP contribution is -2.18. The number of fused-ring (bicyclic) bond motifs is 1. The molecule has 33 heavy (non-hydrogen) atoms. The molecule has 1 aromatic heterocycles. The van der Waals surface area contributed by atoms with Crippen LogP contribution in [0.25, 0.3) is 10.9 Å². The van der Waals surface area contributed by atoms with Crippen molar-refractivity contribution in [1.82, 2.24) is 4.98 Å². The molecule has 0 fully saturated rings. The van der Waals surface area contributed by atoms with Gasteiger partial charge >= 0.3 is 5.97 Å². The smallest absolute Gasteiger partial charge is 0.356 e. The second-order valence-corrected chi connectivity index (χ2v) is 8.35. The molecule has 5 nitrogen and oxygen atoms in total. The Balaban J connectivity index is 1.63. The van der Waals surface area contributed by atoms with Crippen LogP contribution in [0.5, 0.6) is 0 Å². The lowest BCUT2D eigenvalue weighted by atomic mass is 9.97. The van der Waals surface area contributed by atoms with Crippen LogP contribution in [-0.4, -0.2) is 29.9 Å². The van der Waals surface area contributed by atoms with Crippen molar-refractivity contribution in [3.63, 3.8) is 0 Å². The van der Waals surface area contributed by atoms with E-state index < -0.39 is 5.97 Å². The van der Waals surface area contributed by atoms with Crippen LogP contribution in [0, 0.1) is 0 Å². The monoisotopic (exact) mass is 480 g/mol. The summed E-state index contributed by atoms with van der Waals surface area (Å²) >= 11 is 12.6. The summed E-state index contributed by atoms with van der Waals surface area (Å²) in [6.45, 7) is 1.92. The van der Waals surface area contributed by atoms with E-state index in [2.05, 4.69) is 10.3 Å². The molecule has 0 aliphatic rings. The topological polar surface area (TPSA) is 71.2 Å². The summed E-state index contributed by atoms with van der Waals surface area (Å²) < 4.78 is 5.17. The minimum Gasteiger partial charge on any atom is -0.461 e. The molecule has 4 aromatic rings. The minimum atomic E-state index is -0.541. The van der Waals surface area contributed by atoms with Gasteiger partial charge in [0, 0.05) is 16.0 Å². The molecule has 0 amide bonds. The van der Waals surface area contributed by atoms with Crippen LogP contribution in [0.1, 0.15) is 38.9 Å². The number of benzene rings is 3. The van der Waals surface area contributed by atoms with Crippen LogP contribution >= 0.6 is 23.2 Å². The van der Waals surface area contributed by atoms with Gasteiger partial charge in [-0.2, -0.15) is 0 Å². The van der Waals surface area contributed by atoms with Gasteiger partial charge in [0.15, 0.2) is 5.78 Å². The molecule has 7 heteroatoms. The van der Waals surface area contributed by atoms with Crippen molar-refractivity contribution in [2.24, 2.45) is 0 Å². The first-order chi connectivity index (χ1) is 16.0. The molecule has 3 aromatic carbocycles. The second kappa shape index (κ2) is 10.1. The standard InChI is InChI=1S/C26H22Cl2N2O3/c1-2-33-26(32)25-24(23-20(28)13-18(27)14-21(23)30-25)29-15-22(31)19-11-7-6-10-17(19)12-16-8-4-3-5-9-16/h3-11,13-14,29-30H,2,12,15H2,1H3. The highest BCUT2D eigenvalue weighted by Crippen LogP contribution is 2.36. The van der Waals surface area contributed by atoms with E-state index in [9.17, 15) is 9.59 Å². The predicted octanol–water partition coefficient (Wildman–Crippen LogP) is 6.54. The molecule has 0 spiro atoms. The fraction of sp³-hybridized carbons (Fsp3) is 0.154. The summed E-state index contributed by atoms with van der Waals surface area (Å²) in [5.74, 6) is -0.643. The maximum absolute atomic E-state index is 13.2. The van der Waals surface area contributed by atoms with Crippen LogP contribution in [-0.2, 0) is 11.2 Å². The molecule has 2 N–H and O–H groups in total. The van der Waals surface area contributed by atoms with Gasteiger partial charge in [0.25, 0.3) is 0 Å². The first-order valence-corrected chi connectivity index (χ1v) is 11.3.